The Hall–Kier alpha value is -3.77. The van der Waals surface area contributed by atoms with E-state index < -0.39 is 11.6 Å². The van der Waals surface area contributed by atoms with Gasteiger partial charge in [0.05, 0.1) is 13.7 Å². The van der Waals surface area contributed by atoms with Gasteiger partial charge in [-0.05, 0) is 43.0 Å². The van der Waals surface area contributed by atoms with Gasteiger partial charge in [-0.25, -0.2) is 13.6 Å². The predicted octanol–water partition coefficient (Wildman–Crippen LogP) is 4.15. The Bertz CT molecular complexity index is 1320. The zero-order valence-electron chi connectivity index (χ0n) is 18.5. The number of carbonyl (C=O) groups is 1. The van der Waals surface area contributed by atoms with Gasteiger partial charge in [-0.2, -0.15) is 5.10 Å². The second-order valence-corrected chi connectivity index (χ2v) is 8.72. The largest absolute Gasteiger partial charge is 0.494 e. The van der Waals surface area contributed by atoms with Crippen LogP contribution in [-0.2, 0) is 11.3 Å². The summed E-state index contributed by atoms with van der Waals surface area (Å²) in [6.45, 7) is 7.07. The van der Waals surface area contributed by atoms with E-state index in [4.69, 9.17) is 17.0 Å². The summed E-state index contributed by atoms with van der Waals surface area (Å²) in [5, 5.41) is 4.57. The first kappa shape index (κ1) is 22.0. The summed E-state index contributed by atoms with van der Waals surface area (Å²) < 4.78 is 35.4. The lowest BCUT2D eigenvalue weighted by Crippen LogP contribution is -2.41. The van der Waals surface area contributed by atoms with Crippen LogP contribution in [0.5, 0.6) is 5.75 Å². The predicted molar refractivity (Wildman–Crippen MR) is 122 cm³/mol. The summed E-state index contributed by atoms with van der Waals surface area (Å²) >= 11 is 0. The molecule has 34 heavy (non-hydrogen) atoms. The minimum Gasteiger partial charge on any atom is -0.494 e. The van der Waals surface area contributed by atoms with Gasteiger partial charge in [0.25, 0.3) is 0 Å². The van der Waals surface area contributed by atoms with E-state index in [-0.39, 0.29) is 42.0 Å². The monoisotopic (exact) mass is 463 g/mol. The van der Waals surface area contributed by atoms with Crippen LogP contribution in [0.25, 0.3) is 27.2 Å². The molecule has 2 bridgehead atoms. The molecule has 2 saturated heterocycles. The van der Waals surface area contributed by atoms with Gasteiger partial charge in [0.2, 0.25) is 11.6 Å². The molecule has 2 fully saturated rings. The average molecular weight is 463 g/mol. The normalized spacial score (nSPS) is 21.0. The van der Waals surface area contributed by atoms with Crippen LogP contribution < -0.4 is 10.5 Å². The van der Waals surface area contributed by atoms with E-state index in [1.54, 1.807) is 18.3 Å². The van der Waals surface area contributed by atoms with Crippen LogP contribution in [0.3, 0.4) is 0 Å². The summed E-state index contributed by atoms with van der Waals surface area (Å²) in [4.78, 5) is 18.2. The molecule has 2 aliphatic rings. The number of halogens is 2. The second-order valence-electron chi connectivity index (χ2n) is 8.72. The standard InChI is InChI=1S/C25H23F2N5O2/c1-29-21-6-3-15(10-18(21)26)25-17(14-4-8-23(34-2)19(27)9-14)12-31(30-25)13-24(33)32-16-5-7-22(32)20(28)11-16/h3-4,6,8-10,12,16,20,22H,5,7,11,13,28H2,2H3. The van der Waals surface area contributed by atoms with E-state index in [2.05, 4.69) is 9.94 Å². The average Bonchev–Trinajstić information content (AvgIpc) is 3.51. The quantitative estimate of drug-likeness (QED) is 0.577. The van der Waals surface area contributed by atoms with Crippen LogP contribution in [0.4, 0.5) is 14.5 Å². The van der Waals surface area contributed by atoms with Crippen molar-refractivity contribution >= 4 is 11.6 Å². The molecule has 1 amide bonds. The van der Waals surface area contributed by atoms with Crippen LogP contribution in [0, 0.1) is 18.2 Å². The number of hydrogen-bond acceptors (Lipinski definition) is 4. The first-order valence-corrected chi connectivity index (χ1v) is 11.0. The Morgan fingerprint density at radius 1 is 1.21 bits per heavy atom. The number of nitrogens with zero attached hydrogens (tertiary/aromatic N) is 4. The molecule has 174 valence electrons. The number of hydrogen-bond donors (Lipinski definition) is 1. The maximum absolute atomic E-state index is 14.5. The number of fused-ring (bicyclic) bond motifs is 2. The number of ether oxygens (including phenoxy) is 1. The smallest absolute Gasteiger partial charge is 0.244 e. The van der Waals surface area contributed by atoms with Gasteiger partial charge in [0.15, 0.2) is 11.6 Å². The third-order valence-electron chi connectivity index (χ3n) is 6.74. The lowest BCUT2D eigenvalue weighted by Gasteiger charge is -2.22. The van der Waals surface area contributed by atoms with Gasteiger partial charge >= 0.3 is 0 Å². The van der Waals surface area contributed by atoms with Crippen molar-refractivity contribution < 1.29 is 18.3 Å². The van der Waals surface area contributed by atoms with E-state index in [1.807, 2.05) is 4.90 Å². The van der Waals surface area contributed by atoms with Crippen LogP contribution >= 0.6 is 0 Å². The molecule has 0 saturated carbocycles. The molecule has 1 aromatic heterocycles. The molecule has 0 aliphatic carbocycles. The van der Waals surface area contributed by atoms with Crippen LogP contribution in [0.1, 0.15) is 19.3 Å². The fourth-order valence-corrected chi connectivity index (χ4v) is 5.15. The molecule has 3 unspecified atom stereocenters. The van der Waals surface area contributed by atoms with E-state index in [0.717, 1.165) is 19.3 Å². The van der Waals surface area contributed by atoms with Gasteiger partial charge < -0.3 is 15.4 Å². The van der Waals surface area contributed by atoms with Gasteiger partial charge in [-0.1, -0.05) is 18.2 Å². The first-order chi connectivity index (χ1) is 16.4. The third kappa shape index (κ3) is 3.70. The highest BCUT2D eigenvalue weighted by Crippen LogP contribution is 2.38. The second kappa shape index (κ2) is 8.54. The summed E-state index contributed by atoms with van der Waals surface area (Å²) in [5.41, 5.74) is 7.92. The number of rotatable bonds is 5. The van der Waals surface area contributed by atoms with Crippen molar-refractivity contribution in [2.45, 2.75) is 43.9 Å². The van der Waals surface area contributed by atoms with Gasteiger partial charge in [0, 0.05) is 35.4 Å². The van der Waals surface area contributed by atoms with Crippen molar-refractivity contribution in [2.75, 3.05) is 7.11 Å². The molecule has 2 aliphatic heterocycles. The van der Waals surface area contributed by atoms with Crippen molar-refractivity contribution in [3.8, 4) is 28.1 Å². The van der Waals surface area contributed by atoms with Crippen LogP contribution in [0.2, 0.25) is 0 Å². The maximum atomic E-state index is 14.5. The minimum atomic E-state index is -0.674. The Morgan fingerprint density at radius 2 is 1.97 bits per heavy atom. The van der Waals surface area contributed by atoms with Crippen LogP contribution in [-0.4, -0.2) is 45.8 Å². The van der Waals surface area contributed by atoms with Gasteiger partial charge in [0.1, 0.15) is 18.1 Å². The molecular formula is C25H23F2N5O2. The topological polar surface area (TPSA) is 77.7 Å². The fraction of sp³-hybridized carbons (Fsp3) is 0.320. The van der Waals surface area contributed by atoms with Crippen molar-refractivity contribution in [2.24, 2.45) is 5.73 Å². The number of methoxy groups -OCH3 is 1. The zero-order chi connectivity index (χ0) is 24.0. The molecule has 3 aromatic rings. The molecular weight excluding hydrogens is 440 g/mol. The van der Waals surface area contributed by atoms with E-state index in [1.165, 1.54) is 36.1 Å². The van der Waals surface area contributed by atoms with Crippen molar-refractivity contribution in [1.29, 1.82) is 0 Å². The summed E-state index contributed by atoms with van der Waals surface area (Å²) in [6.07, 6.45) is 4.33. The number of carbonyl (C=O) groups excluding carboxylic acids is 1. The molecule has 3 heterocycles. The third-order valence-corrected chi connectivity index (χ3v) is 6.74. The fourth-order valence-electron chi connectivity index (χ4n) is 5.15. The van der Waals surface area contributed by atoms with E-state index in [9.17, 15) is 13.6 Å². The zero-order valence-corrected chi connectivity index (χ0v) is 18.5. The summed E-state index contributed by atoms with van der Waals surface area (Å²) in [6, 6.07) is 8.90. The minimum absolute atomic E-state index is 0.00217. The number of benzene rings is 2. The van der Waals surface area contributed by atoms with E-state index >= 15 is 0 Å². The summed E-state index contributed by atoms with van der Waals surface area (Å²) in [5.74, 6) is -1.20. The van der Waals surface area contributed by atoms with Crippen molar-refractivity contribution in [1.82, 2.24) is 14.7 Å². The molecule has 9 heteroatoms. The van der Waals surface area contributed by atoms with Gasteiger partial charge in [-0.15, -0.1) is 0 Å². The highest BCUT2D eigenvalue weighted by molar-refractivity contribution is 5.82. The highest BCUT2D eigenvalue weighted by Gasteiger charge is 2.46. The molecule has 0 radical (unpaired) electrons. The van der Waals surface area contributed by atoms with E-state index in [0.29, 0.717) is 22.4 Å². The molecule has 7 nitrogen and oxygen atoms in total. The Kier molecular flexibility index (Phi) is 5.54. The van der Waals surface area contributed by atoms with Crippen molar-refractivity contribution in [3.63, 3.8) is 0 Å². The molecule has 3 atom stereocenters. The Morgan fingerprint density at radius 3 is 2.59 bits per heavy atom. The summed E-state index contributed by atoms with van der Waals surface area (Å²) in [7, 11) is 1.38. The molecule has 2 N–H and O–H groups in total. The number of amides is 1. The molecule has 2 aromatic carbocycles. The number of aromatic nitrogens is 2. The van der Waals surface area contributed by atoms with Crippen LogP contribution in [0.15, 0.2) is 42.6 Å². The molecule has 5 rings (SSSR count). The van der Waals surface area contributed by atoms with Crippen molar-refractivity contribution in [3.05, 3.63) is 65.6 Å². The lowest BCUT2D eigenvalue weighted by atomic mass is 9.97. The SMILES string of the molecule is [C-]#[N+]c1ccc(-c2nn(CC(=O)N3C4CCC3C(N)C4)cc2-c2ccc(OC)c(F)c2)cc1F. The molecule has 0 spiro atoms. The first-order valence-electron chi connectivity index (χ1n) is 11.0. The number of nitrogens with two attached hydrogens (primary N) is 1. The maximum Gasteiger partial charge on any atom is 0.244 e. The lowest BCUT2D eigenvalue weighted by molar-refractivity contribution is -0.133. The Labute approximate surface area is 195 Å². The highest BCUT2D eigenvalue weighted by atomic mass is 19.1. The Balaban J connectivity index is 1.53. The van der Waals surface area contributed by atoms with Gasteiger partial charge in [-0.3, -0.25) is 9.48 Å².